The maximum absolute atomic E-state index is 12.9. The Morgan fingerprint density at radius 3 is 1.06 bits per heavy atom. The fourth-order valence-corrected chi connectivity index (χ4v) is 10.2. The molecule has 464 valence electrons. The zero-order valence-electron chi connectivity index (χ0n) is 49.8. The number of hydrogen-bond donors (Lipinski definition) is 4. The van der Waals surface area contributed by atoms with Crippen molar-refractivity contribution in [3.05, 3.63) is 36.5 Å². The van der Waals surface area contributed by atoms with Crippen molar-refractivity contribution < 1.29 is 75.8 Å². The molecule has 0 amide bonds. The molecular formula is C61H114O16P2. The average molecular weight is 1170 g/mol. The van der Waals surface area contributed by atoms with Crippen molar-refractivity contribution in [3.8, 4) is 0 Å². The van der Waals surface area contributed by atoms with E-state index in [9.17, 15) is 43.5 Å². The summed E-state index contributed by atoms with van der Waals surface area (Å²) in [6.45, 7) is 2.57. The van der Waals surface area contributed by atoms with Crippen molar-refractivity contribution in [2.45, 2.75) is 296 Å². The minimum atomic E-state index is -4.91. The van der Waals surface area contributed by atoms with Crippen molar-refractivity contribution in [1.29, 1.82) is 0 Å². The van der Waals surface area contributed by atoms with Crippen LogP contribution < -0.4 is 0 Å². The first-order valence-corrected chi connectivity index (χ1v) is 34.3. The Morgan fingerprint density at radius 2 is 0.671 bits per heavy atom. The highest BCUT2D eigenvalue weighted by molar-refractivity contribution is 7.47. The number of unbranched alkanes of at least 4 members (excludes halogenated alkanes) is 31. The summed E-state index contributed by atoms with van der Waals surface area (Å²) in [7, 11) is -9.74. The molecule has 79 heavy (non-hydrogen) atoms. The minimum absolute atomic E-state index is 0.113. The normalized spacial score (nSPS) is 14.7. The molecule has 4 N–H and O–H groups in total. The molecule has 0 aliphatic rings. The number of rotatable bonds is 60. The molecule has 0 aliphatic carbocycles. The van der Waals surface area contributed by atoms with Gasteiger partial charge in [-0.2, -0.15) is 0 Å². The van der Waals surface area contributed by atoms with Gasteiger partial charge >= 0.3 is 33.6 Å². The van der Waals surface area contributed by atoms with Gasteiger partial charge in [0.05, 0.1) is 26.4 Å². The van der Waals surface area contributed by atoms with Crippen LogP contribution in [0.3, 0.4) is 0 Å². The first kappa shape index (κ1) is 76.8. The molecule has 0 radical (unpaired) electrons. The second kappa shape index (κ2) is 56.3. The first-order chi connectivity index (χ1) is 38.2. The number of esters is 3. The number of aliphatic hydroxyl groups is 2. The SMILES string of the molecule is CC/C=C\C/C=C\C/C=C\CCCCCCCCCC(=O)OCC(O)COP(=O)(O)OCC(O)COP(=O)(O)OCC(COC(=O)CCCCCCCCCCCCCCC)OC(=O)CCCCCCCCCCCCCCC. The lowest BCUT2D eigenvalue weighted by atomic mass is 10.0. The first-order valence-electron chi connectivity index (χ1n) is 31.3. The standard InChI is InChI=1S/C61H114O16P2/c1-4-7-10-13-16-19-22-25-26-27-28-31-33-35-38-41-44-47-59(64)71-50-56(62)51-73-78(67,68)74-52-57(63)53-75-79(69,70)76-55-58(77-61(66)49-46-43-40-37-34-30-24-21-18-15-12-9-6-3)54-72-60(65)48-45-42-39-36-32-29-23-20-17-14-11-8-5-2/h7,10,16,19,25-26,56-58,62-63H,4-6,8-9,11-15,17-18,20-24,27-55H2,1-3H3,(H,67,68)(H,69,70)/b10-7-,19-16-,26-25-. The summed E-state index contributed by atoms with van der Waals surface area (Å²) in [6.07, 6.45) is 50.6. The van der Waals surface area contributed by atoms with E-state index in [1.165, 1.54) is 109 Å². The smallest absolute Gasteiger partial charge is 0.463 e. The minimum Gasteiger partial charge on any atom is -0.463 e. The van der Waals surface area contributed by atoms with E-state index in [0.717, 1.165) is 109 Å². The molecule has 0 spiro atoms. The highest BCUT2D eigenvalue weighted by Crippen LogP contribution is 2.45. The maximum atomic E-state index is 12.9. The highest BCUT2D eigenvalue weighted by Gasteiger charge is 2.29. The second-order valence-electron chi connectivity index (χ2n) is 21.2. The third-order valence-electron chi connectivity index (χ3n) is 13.4. The summed E-state index contributed by atoms with van der Waals surface area (Å²) in [6, 6.07) is 0. The van der Waals surface area contributed by atoms with Gasteiger partial charge in [-0.25, -0.2) is 9.13 Å². The number of aliphatic hydroxyl groups excluding tert-OH is 2. The quantitative estimate of drug-likeness (QED) is 0.0146. The largest absolute Gasteiger partial charge is 0.472 e. The van der Waals surface area contributed by atoms with E-state index in [1.807, 2.05) is 0 Å². The number of phosphoric ester groups is 2. The summed E-state index contributed by atoms with van der Waals surface area (Å²) in [5.41, 5.74) is 0. The molecule has 0 aromatic rings. The van der Waals surface area contributed by atoms with E-state index in [4.69, 9.17) is 32.3 Å². The summed E-state index contributed by atoms with van der Waals surface area (Å²) in [5, 5.41) is 20.5. The van der Waals surface area contributed by atoms with E-state index in [1.54, 1.807) is 0 Å². The summed E-state index contributed by atoms with van der Waals surface area (Å²) in [5.74, 6) is -1.56. The number of hydrogen-bond acceptors (Lipinski definition) is 14. The third kappa shape index (κ3) is 57.4. The second-order valence-corrected chi connectivity index (χ2v) is 24.1. The van der Waals surface area contributed by atoms with E-state index in [2.05, 4.69) is 57.2 Å². The Hall–Kier alpha value is -2.23. The van der Waals surface area contributed by atoms with Crippen LogP contribution in [0.15, 0.2) is 36.5 Å². The summed E-state index contributed by atoms with van der Waals surface area (Å²) >= 11 is 0. The fourth-order valence-electron chi connectivity index (χ4n) is 8.59. The molecule has 5 unspecified atom stereocenters. The maximum Gasteiger partial charge on any atom is 0.472 e. The van der Waals surface area contributed by atoms with Gasteiger partial charge < -0.3 is 34.2 Å². The van der Waals surface area contributed by atoms with Crippen LogP contribution in [0.1, 0.15) is 278 Å². The van der Waals surface area contributed by atoms with Crippen molar-refractivity contribution in [2.75, 3.05) is 39.6 Å². The zero-order chi connectivity index (χ0) is 58.2. The zero-order valence-corrected chi connectivity index (χ0v) is 51.6. The van der Waals surface area contributed by atoms with Crippen LogP contribution in [0.25, 0.3) is 0 Å². The summed E-state index contributed by atoms with van der Waals surface area (Å²) in [4.78, 5) is 58.1. The Balaban J connectivity index is 4.62. The highest BCUT2D eigenvalue weighted by atomic mass is 31.2. The number of phosphoric acid groups is 2. The average Bonchev–Trinajstić information content (AvgIpc) is 3.42. The monoisotopic (exact) mass is 1160 g/mol. The molecule has 0 aromatic carbocycles. The lowest BCUT2D eigenvalue weighted by Crippen LogP contribution is -2.30. The molecule has 5 atom stereocenters. The topological polar surface area (TPSA) is 231 Å². The lowest BCUT2D eigenvalue weighted by molar-refractivity contribution is -0.161. The van der Waals surface area contributed by atoms with Gasteiger partial charge in [0.1, 0.15) is 25.4 Å². The fraction of sp³-hybridized carbons (Fsp3) is 0.852. The predicted octanol–water partition coefficient (Wildman–Crippen LogP) is 16.3. The molecule has 0 rings (SSSR count). The van der Waals surface area contributed by atoms with Crippen LogP contribution in [0.2, 0.25) is 0 Å². The molecular weight excluding hydrogens is 1050 g/mol. The van der Waals surface area contributed by atoms with E-state index in [-0.39, 0.29) is 19.3 Å². The van der Waals surface area contributed by atoms with Crippen LogP contribution in [0.4, 0.5) is 0 Å². The van der Waals surface area contributed by atoms with Crippen molar-refractivity contribution in [1.82, 2.24) is 0 Å². The van der Waals surface area contributed by atoms with Crippen molar-refractivity contribution in [2.24, 2.45) is 0 Å². The lowest BCUT2D eigenvalue weighted by Gasteiger charge is -2.21. The van der Waals surface area contributed by atoms with E-state index >= 15 is 0 Å². The molecule has 0 fully saturated rings. The van der Waals surface area contributed by atoms with Crippen LogP contribution in [-0.2, 0) is 55.8 Å². The molecule has 16 nitrogen and oxygen atoms in total. The van der Waals surface area contributed by atoms with Crippen molar-refractivity contribution in [3.63, 3.8) is 0 Å². The van der Waals surface area contributed by atoms with Gasteiger partial charge in [-0.3, -0.25) is 32.5 Å². The van der Waals surface area contributed by atoms with Crippen LogP contribution in [0, 0.1) is 0 Å². The van der Waals surface area contributed by atoms with Gasteiger partial charge in [0.2, 0.25) is 0 Å². The van der Waals surface area contributed by atoms with Gasteiger partial charge in [-0.05, 0) is 51.4 Å². The van der Waals surface area contributed by atoms with Gasteiger partial charge in [0.25, 0.3) is 0 Å². The molecule has 0 saturated heterocycles. The number of carbonyl (C=O) groups is 3. The van der Waals surface area contributed by atoms with Gasteiger partial charge in [0, 0.05) is 19.3 Å². The van der Waals surface area contributed by atoms with Gasteiger partial charge in [0.15, 0.2) is 6.10 Å². The molecule has 0 aromatic heterocycles. The van der Waals surface area contributed by atoms with Crippen LogP contribution >= 0.6 is 15.6 Å². The number of allylic oxidation sites excluding steroid dienone is 6. The van der Waals surface area contributed by atoms with E-state index < -0.39 is 91.5 Å². The Kier molecular flexibility index (Phi) is 54.7. The molecule has 0 aliphatic heterocycles. The van der Waals surface area contributed by atoms with Crippen LogP contribution in [-0.4, -0.2) is 95.9 Å². The number of ether oxygens (including phenoxy) is 3. The Morgan fingerprint density at radius 1 is 0.367 bits per heavy atom. The molecule has 0 heterocycles. The Labute approximate surface area is 479 Å². The molecule has 0 bridgehead atoms. The number of carbonyl (C=O) groups excluding carboxylic acids is 3. The molecule has 0 saturated carbocycles. The van der Waals surface area contributed by atoms with E-state index in [0.29, 0.717) is 19.3 Å². The third-order valence-corrected chi connectivity index (χ3v) is 15.3. The Bertz CT molecular complexity index is 1610. The summed E-state index contributed by atoms with van der Waals surface area (Å²) < 4.78 is 60.7. The predicted molar refractivity (Wildman–Crippen MR) is 316 cm³/mol. The van der Waals surface area contributed by atoms with Crippen LogP contribution in [0.5, 0.6) is 0 Å². The van der Waals surface area contributed by atoms with Gasteiger partial charge in [-0.1, -0.05) is 243 Å². The molecule has 18 heteroatoms. The van der Waals surface area contributed by atoms with Crippen molar-refractivity contribution >= 4 is 33.6 Å². The van der Waals surface area contributed by atoms with Gasteiger partial charge in [-0.15, -0.1) is 0 Å².